The van der Waals surface area contributed by atoms with Crippen molar-refractivity contribution < 1.29 is 0 Å². The number of nitrogens with two attached hydrogens (primary N) is 1. The van der Waals surface area contributed by atoms with Gasteiger partial charge in [0.25, 0.3) is 0 Å². The third kappa shape index (κ3) is 5.57. The van der Waals surface area contributed by atoms with Crippen molar-refractivity contribution in [1.29, 1.82) is 0 Å². The molecule has 0 bridgehead atoms. The lowest BCUT2D eigenvalue weighted by Gasteiger charge is -2.03. The van der Waals surface area contributed by atoms with Gasteiger partial charge in [-0.25, -0.2) is 0 Å². The first kappa shape index (κ1) is 8.70. The van der Waals surface area contributed by atoms with Crippen LogP contribution in [0.2, 0.25) is 0 Å². The van der Waals surface area contributed by atoms with Gasteiger partial charge in [-0.3, -0.25) is 0 Å². The molecule has 1 nitrogen and oxygen atoms in total. The molecule has 0 aromatic carbocycles. The summed E-state index contributed by atoms with van der Waals surface area (Å²) in [6.07, 6.45) is 4.38. The molecule has 0 fully saturated rings. The summed E-state index contributed by atoms with van der Waals surface area (Å²) in [7, 11) is 0. The van der Waals surface area contributed by atoms with Crippen LogP contribution in [0, 0.1) is 0 Å². The summed E-state index contributed by atoms with van der Waals surface area (Å²) in [5.74, 6) is 0. The van der Waals surface area contributed by atoms with Gasteiger partial charge in [0, 0.05) is 6.04 Å². The molecule has 0 aliphatic rings. The first-order chi connectivity index (χ1) is 4.16. The predicted octanol–water partition coefficient (Wildman–Crippen LogP) is 2.08. The Kier molecular flexibility index (Phi) is 4.41. The molecule has 0 saturated heterocycles. The van der Waals surface area contributed by atoms with E-state index in [0.717, 1.165) is 12.8 Å². The van der Waals surface area contributed by atoms with E-state index in [0.29, 0.717) is 6.04 Å². The Morgan fingerprint density at radius 3 is 2.56 bits per heavy atom. The van der Waals surface area contributed by atoms with Crippen LogP contribution in [0.1, 0.15) is 33.6 Å². The van der Waals surface area contributed by atoms with E-state index < -0.39 is 0 Å². The topological polar surface area (TPSA) is 26.0 Å². The Bertz CT molecular complexity index is 92.7. The van der Waals surface area contributed by atoms with Crippen LogP contribution in [-0.4, -0.2) is 6.04 Å². The van der Waals surface area contributed by atoms with Crippen LogP contribution in [0.25, 0.3) is 0 Å². The molecule has 0 radical (unpaired) electrons. The van der Waals surface area contributed by atoms with Crippen molar-refractivity contribution in [2.45, 2.75) is 39.7 Å². The molecule has 1 unspecified atom stereocenters. The fourth-order valence-corrected chi connectivity index (χ4v) is 0.940. The molecule has 2 N–H and O–H groups in total. The fourth-order valence-electron chi connectivity index (χ4n) is 0.940. The lowest BCUT2D eigenvalue weighted by atomic mass is 10.1. The molecule has 0 aromatic heterocycles. The van der Waals surface area contributed by atoms with Crippen LogP contribution in [0.15, 0.2) is 11.6 Å². The minimum absolute atomic E-state index is 0.313. The maximum atomic E-state index is 5.58. The lowest BCUT2D eigenvalue weighted by Crippen LogP contribution is -2.14. The number of hydrogen-bond donors (Lipinski definition) is 1. The number of hydrogen-bond acceptors (Lipinski definition) is 1. The third-order valence-electron chi connectivity index (χ3n) is 1.20. The van der Waals surface area contributed by atoms with Gasteiger partial charge in [-0.2, -0.15) is 0 Å². The zero-order valence-electron chi connectivity index (χ0n) is 6.65. The smallest absolute Gasteiger partial charge is 0.00475 e. The molecule has 0 aliphatic carbocycles. The van der Waals surface area contributed by atoms with Crippen molar-refractivity contribution in [1.82, 2.24) is 0 Å². The van der Waals surface area contributed by atoms with Crippen molar-refractivity contribution in [2.75, 3.05) is 0 Å². The van der Waals surface area contributed by atoms with E-state index in [9.17, 15) is 0 Å². The molecule has 0 saturated carbocycles. The van der Waals surface area contributed by atoms with Crippen LogP contribution in [0.5, 0.6) is 0 Å². The molecule has 0 rings (SSSR count). The third-order valence-corrected chi connectivity index (χ3v) is 1.20. The van der Waals surface area contributed by atoms with Crippen LogP contribution in [0.3, 0.4) is 0 Å². The predicted molar refractivity (Wildman–Crippen MR) is 42.3 cm³/mol. The molecule has 0 heterocycles. The quantitative estimate of drug-likeness (QED) is 0.577. The van der Waals surface area contributed by atoms with Crippen molar-refractivity contribution >= 4 is 0 Å². The van der Waals surface area contributed by atoms with Gasteiger partial charge >= 0.3 is 0 Å². The van der Waals surface area contributed by atoms with Gasteiger partial charge < -0.3 is 5.73 Å². The molecule has 0 aliphatic heterocycles. The second-order valence-electron chi connectivity index (χ2n) is 2.64. The highest BCUT2D eigenvalue weighted by atomic mass is 14.6. The minimum Gasteiger partial charge on any atom is -0.328 e. The Labute approximate surface area is 57.9 Å². The average Bonchev–Trinajstić information content (AvgIpc) is 1.63. The molecular weight excluding hydrogens is 110 g/mol. The van der Waals surface area contributed by atoms with Gasteiger partial charge in [0.2, 0.25) is 0 Å². The zero-order chi connectivity index (χ0) is 7.28. The molecule has 1 atom stereocenters. The van der Waals surface area contributed by atoms with E-state index in [4.69, 9.17) is 5.73 Å². The van der Waals surface area contributed by atoms with Crippen molar-refractivity contribution in [2.24, 2.45) is 5.73 Å². The second kappa shape index (κ2) is 4.57. The van der Waals surface area contributed by atoms with Gasteiger partial charge in [0.15, 0.2) is 0 Å². The first-order valence-electron chi connectivity index (χ1n) is 3.58. The van der Waals surface area contributed by atoms with Crippen LogP contribution in [0.4, 0.5) is 0 Å². The molecule has 9 heavy (non-hydrogen) atoms. The van der Waals surface area contributed by atoms with Crippen LogP contribution < -0.4 is 5.73 Å². The van der Waals surface area contributed by atoms with E-state index >= 15 is 0 Å². The van der Waals surface area contributed by atoms with Crippen molar-refractivity contribution in [3.05, 3.63) is 11.6 Å². The van der Waals surface area contributed by atoms with E-state index in [2.05, 4.69) is 19.9 Å². The summed E-state index contributed by atoms with van der Waals surface area (Å²) in [5.41, 5.74) is 6.99. The van der Waals surface area contributed by atoms with Gasteiger partial charge in [0.05, 0.1) is 0 Å². The monoisotopic (exact) mass is 127 g/mol. The van der Waals surface area contributed by atoms with Crippen LogP contribution >= 0.6 is 0 Å². The lowest BCUT2D eigenvalue weighted by molar-refractivity contribution is 0.729. The largest absolute Gasteiger partial charge is 0.328 e. The average molecular weight is 127 g/mol. The van der Waals surface area contributed by atoms with E-state index in [-0.39, 0.29) is 0 Å². The minimum atomic E-state index is 0.313. The Hall–Kier alpha value is -0.300. The van der Waals surface area contributed by atoms with E-state index in [1.165, 1.54) is 5.57 Å². The summed E-state index contributed by atoms with van der Waals surface area (Å²) in [6, 6.07) is 0.313. The fraction of sp³-hybridized carbons (Fsp3) is 0.750. The summed E-state index contributed by atoms with van der Waals surface area (Å²) in [4.78, 5) is 0. The van der Waals surface area contributed by atoms with Gasteiger partial charge in [-0.15, -0.1) is 0 Å². The van der Waals surface area contributed by atoms with Crippen molar-refractivity contribution in [3.8, 4) is 0 Å². The van der Waals surface area contributed by atoms with Crippen molar-refractivity contribution in [3.63, 3.8) is 0 Å². The SMILES string of the molecule is CCC=C(C)CC(C)N. The summed E-state index contributed by atoms with van der Waals surface area (Å²) >= 11 is 0. The first-order valence-corrected chi connectivity index (χ1v) is 3.58. The Morgan fingerprint density at radius 1 is 1.67 bits per heavy atom. The molecule has 1 heteroatoms. The Morgan fingerprint density at radius 2 is 2.22 bits per heavy atom. The highest BCUT2D eigenvalue weighted by molar-refractivity contribution is 4.98. The maximum Gasteiger partial charge on any atom is 0.00475 e. The number of rotatable bonds is 3. The summed E-state index contributed by atoms with van der Waals surface area (Å²) in [6.45, 7) is 6.31. The van der Waals surface area contributed by atoms with Crippen LogP contribution in [-0.2, 0) is 0 Å². The van der Waals surface area contributed by atoms with Gasteiger partial charge in [-0.1, -0.05) is 18.6 Å². The standard InChI is InChI=1S/C8H17N/c1-4-5-7(2)6-8(3)9/h5,8H,4,6,9H2,1-3H3. The van der Waals surface area contributed by atoms with Gasteiger partial charge in [0.1, 0.15) is 0 Å². The normalized spacial score (nSPS) is 15.8. The molecule has 0 aromatic rings. The molecule has 54 valence electrons. The summed E-state index contributed by atoms with van der Waals surface area (Å²) in [5, 5.41) is 0. The highest BCUT2D eigenvalue weighted by Crippen LogP contribution is 2.02. The van der Waals surface area contributed by atoms with Gasteiger partial charge in [-0.05, 0) is 26.7 Å². The summed E-state index contributed by atoms with van der Waals surface area (Å²) < 4.78 is 0. The molecule has 0 amide bonds. The zero-order valence-corrected chi connectivity index (χ0v) is 6.65. The number of allylic oxidation sites excluding steroid dienone is 1. The maximum absolute atomic E-state index is 5.58. The molecule has 0 spiro atoms. The van der Waals surface area contributed by atoms with E-state index in [1.807, 2.05) is 6.92 Å². The second-order valence-corrected chi connectivity index (χ2v) is 2.64. The Balaban J connectivity index is 3.49. The molecular formula is C8H17N. The highest BCUT2D eigenvalue weighted by Gasteiger charge is 1.93. The van der Waals surface area contributed by atoms with E-state index in [1.54, 1.807) is 0 Å².